The molecule has 6 heteroatoms. The highest BCUT2D eigenvalue weighted by molar-refractivity contribution is 8.01. The second-order valence-corrected chi connectivity index (χ2v) is 7.75. The van der Waals surface area contributed by atoms with E-state index in [1.54, 1.807) is 19.1 Å². The summed E-state index contributed by atoms with van der Waals surface area (Å²) in [5, 5.41) is 4.69. The Morgan fingerprint density at radius 3 is 2.68 bits per heavy atom. The van der Waals surface area contributed by atoms with E-state index in [9.17, 15) is 9.18 Å². The van der Waals surface area contributed by atoms with Crippen molar-refractivity contribution in [1.29, 1.82) is 0 Å². The van der Waals surface area contributed by atoms with Gasteiger partial charge < -0.3 is 5.32 Å². The summed E-state index contributed by atoms with van der Waals surface area (Å²) in [4.78, 5) is 16.6. The predicted molar refractivity (Wildman–Crippen MR) is 103 cm³/mol. The Morgan fingerprint density at radius 2 is 1.96 bits per heavy atom. The fraction of sp³-hybridized carbons (Fsp3) is 0.158. The molecule has 0 atom stereocenters. The molecule has 0 radical (unpaired) electrons. The van der Waals surface area contributed by atoms with Crippen molar-refractivity contribution in [2.24, 2.45) is 0 Å². The lowest BCUT2D eigenvalue weighted by Crippen LogP contribution is -2.14. The average molecular weight is 372 g/mol. The van der Waals surface area contributed by atoms with Crippen LogP contribution in [0.4, 0.5) is 10.1 Å². The Labute approximate surface area is 154 Å². The molecule has 0 aliphatic heterocycles. The number of anilines is 1. The van der Waals surface area contributed by atoms with E-state index in [0.717, 1.165) is 15.6 Å². The second kappa shape index (κ2) is 7.80. The number of nitrogens with one attached hydrogen (secondary N) is 1. The molecule has 0 bridgehead atoms. The largest absolute Gasteiger partial charge is 0.325 e. The van der Waals surface area contributed by atoms with E-state index >= 15 is 0 Å². The number of hydrogen-bond acceptors (Lipinski definition) is 4. The van der Waals surface area contributed by atoms with Gasteiger partial charge in [0, 0.05) is 16.6 Å². The number of thiazole rings is 1. The van der Waals surface area contributed by atoms with Crippen LogP contribution in [0, 0.1) is 19.7 Å². The van der Waals surface area contributed by atoms with Crippen molar-refractivity contribution < 1.29 is 9.18 Å². The normalized spacial score (nSPS) is 10.7. The quantitative estimate of drug-likeness (QED) is 0.618. The number of nitrogens with zero attached hydrogens (tertiary/aromatic N) is 1. The van der Waals surface area contributed by atoms with E-state index in [4.69, 9.17) is 0 Å². The van der Waals surface area contributed by atoms with Crippen LogP contribution >= 0.6 is 23.1 Å². The number of carbonyl (C=O) groups is 1. The number of thioether (sulfide) groups is 1. The summed E-state index contributed by atoms with van der Waals surface area (Å²) in [5.41, 5.74) is 4.20. The maximum absolute atomic E-state index is 13.5. The van der Waals surface area contributed by atoms with Gasteiger partial charge in [-0.15, -0.1) is 11.3 Å². The van der Waals surface area contributed by atoms with Crippen molar-refractivity contribution in [2.75, 3.05) is 11.1 Å². The Kier molecular flexibility index (Phi) is 5.50. The third-order valence-electron chi connectivity index (χ3n) is 3.61. The smallest absolute Gasteiger partial charge is 0.234 e. The molecule has 3 nitrogen and oxygen atoms in total. The number of amides is 1. The number of rotatable bonds is 5. The highest BCUT2D eigenvalue weighted by Crippen LogP contribution is 2.28. The SMILES string of the molecule is Cc1ccc(-c2csc(SCC(=O)Nc3ccc(C)c(F)c3)n2)cc1. The van der Waals surface area contributed by atoms with Crippen LogP contribution in [0.5, 0.6) is 0 Å². The first-order chi connectivity index (χ1) is 12.0. The first-order valence-corrected chi connectivity index (χ1v) is 9.59. The minimum atomic E-state index is -0.326. The fourth-order valence-corrected chi connectivity index (χ4v) is 3.81. The first kappa shape index (κ1) is 17.6. The van der Waals surface area contributed by atoms with Gasteiger partial charge in [-0.3, -0.25) is 4.79 Å². The van der Waals surface area contributed by atoms with Gasteiger partial charge in [-0.2, -0.15) is 0 Å². The van der Waals surface area contributed by atoms with E-state index in [1.165, 1.54) is 34.7 Å². The molecule has 25 heavy (non-hydrogen) atoms. The molecule has 1 aromatic heterocycles. The number of hydrogen-bond donors (Lipinski definition) is 1. The highest BCUT2D eigenvalue weighted by Gasteiger charge is 2.09. The van der Waals surface area contributed by atoms with Crippen molar-refractivity contribution in [3.05, 3.63) is 64.8 Å². The topological polar surface area (TPSA) is 42.0 Å². The standard InChI is InChI=1S/C19H17FN2OS2/c1-12-3-6-14(7-4-12)17-10-24-19(22-17)25-11-18(23)21-15-8-5-13(2)16(20)9-15/h3-10H,11H2,1-2H3,(H,21,23). The van der Waals surface area contributed by atoms with E-state index < -0.39 is 0 Å². The van der Waals surface area contributed by atoms with Gasteiger partial charge >= 0.3 is 0 Å². The summed E-state index contributed by atoms with van der Waals surface area (Å²) >= 11 is 2.89. The number of aryl methyl sites for hydroxylation is 2. The molecule has 0 saturated carbocycles. The van der Waals surface area contributed by atoms with Gasteiger partial charge in [-0.05, 0) is 31.5 Å². The van der Waals surface area contributed by atoms with Gasteiger partial charge in [-0.1, -0.05) is 47.7 Å². The predicted octanol–water partition coefficient (Wildman–Crippen LogP) is 5.30. The first-order valence-electron chi connectivity index (χ1n) is 7.72. The van der Waals surface area contributed by atoms with Crippen LogP contribution in [0.25, 0.3) is 11.3 Å². The number of carbonyl (C=O) groups excluding carboxylic acids is 1. The molecule has 0 saturated heterocycles. The number of aromatic nitrogens is 1. The van der Waals surface area contributed by atoms with Gasteiger partial charge in [0.2, 0.25) is 5.91 Å². The van der Waals surface area contributed by atoms with Gasteiger partial charge in [0.1, 0.15) is 5.82 Å². The van der Waals surface area contributed by atoms with Crippen LogP contribution in [0.1, 0.15) is 11.1 Å². The van der Waals surface area contributed by atoms with Gasteiger partial charge in [0.05, 0.1) is 11.4 Å². The average Bonchev–Trinajstić information content (AvgIpc) is 3.06. The van der Waals surface area contributed by atoms with Crippen LogP contribution in [0.2, 0.25) is 0 Å². The molecular weight excluding hydrogens is 355 g/mol. The minimum absolute atomic E-state index is 0.180. The number of benzene rings is 2. The maximum atomic E-state index is 13.5. The maximum Gasteiger partial charge on any atom is 0.234 e. The molecule has 1 N–H and O–H groups in total. The summed E-state index contributed by atoms with van der Waals surface area (Å²) in [5.74, 6) is -0.274. The zero-order valence-corrected chi connectivity index (χ0v) is 15.5. The molecule has 1 amide bonds. The summed E-state index contributed by atoms with van der Waals surface area (Å²) in [6.07, 6.45) is 0. The van der Waals surface area contributed by atoms with Gasteiger partial charge in [-0.25, -0.2) is 9.37 Å². The van der Waals surface area contributed by atoms with E-state index in [-0.39, 0.29) is 17.5 Å². The number of halogens is 1. The molecule has 1 heterocycles. The van der Waals surface area contributed by atoms with Crippen molar-refractivity contribution >= 4 is 34.7 Å². The Balaban J connectivity index is 1.57. The summed E-state index contributed by atoms with van der Waals surface area (Å²) < 4.78 is 14.3. The molecular formula is C19H17FN2OS2. The van der Waals surface area contributed by atoms with Crippen LogP contribution in [0.15, 0.2) is 52.2 Å². The monoisotopic (exact) mass is 372 g/mol. The third-order valence-corrected chi connectivity index (χ3v) is 5.63. The van der Waals surface area contributed by atoms with Crippen molar-refractivity contribution in [3.8, 4) is 11.3 Å². The Bertz CT molecular complexity index is 891. The Hall–Kier alpha value is -2.18. The molecule has 128 valence electrons. The summed E-state index contributed by atoms with van der Waals surface area (Å²) in [7, 11) is 0. The Morgan fingerprint density at radius 1 is 1.20 bits per heavy atom. The molecule has 0 aliphatic rings. The molecule has 0 unspecified atom stereocenters. The molecule has 0 spiro atoms. The van der Waals surface area contributed by atoms with Crippen molar-refractivity contribution in [1.82, 2.24) is 4.98 Å². The van der Waals surface area contributed by atoms with Crippen molar-refractivity contribution in [2.45, 2.75) is 18.2 Å². The summed E-state index contributed by atoms with van der Waals surface area (Å²) in [6, 6.07) is 12.9. The summed E-state index contributed by atoms with van der Waals surface area (Å²) in [6.45, 7) is 3.73. The lowest BCUT2D eigenvalue weighted by molar-refractivity contribution is -0.113. The molecule has 0 aliphatic carbocycles. The fourth-order valence-electron chi connectivity index (χ4n) is 2.18. The van der Waals surface area contributed by atoms with Gasteiger partial charge in [0.25, 0.3) is 0 Å². The lowest BCUT2D eigenvalue weighted by atomic mass is 10.1. The molecule has 0 fully saturated rings. The minimum Gasteiger partial charge on any atom is -0.325 e. The van der Waals surface area contributed by atoms with E-state index in [1.807, 2.05) is 24.4 Å². The zero-order chi connectivity index (χ0) is 17.8. The van der Waals surface area contributed by atoms with Crippen LogP contribution in [0.3, 0.4) is 0 Å². The van der Waals surface area contributed by atoms with Crippen LogP contribution in [-0.4, -0.2) is 16.6 Å². The molecule has 2 aromatic carbocycles. The zero-order valence-electron chi connectivity index (χ0n) is 13.9. The highest BCUT2D eigenvalue weighted by atomic mass is 32.2. The van der Waals surface area contributed by atoms with Crippen LogP contribution < -0.4 is 5.32 Å². The van der Waals surface area contributed by atoms with Crippen molar-refractivity contribution in [3.63, 3.8) is 0 Å². The molecule has 3 aromatic rings. The molecule has 3 rings (SSSR count). The third kappa shape index (κ3) is 4.67. The second-order valence-electron chi connectivity index (χ2n) is 5.67. The van der Waals surface area contributed by atoms with E-state index in [0.29, 0.717) is 11.3 Å². The van der Waals surface area contributed by atoms with Crippen LogP contribution in [-0.2, 0) is 4.79 Å². The van der Waals surface area contributed by atoms with Gasteiger partial charge in [0.15, 0.2) is 4.34 Å². The van der Waals surface area contributed by atoms with E-state index in [2.05, 4.69) is 22.4 Å². The lowest BCUT2D eigenvalue weighted by Gasteiger charge is -2.05.